The van der Waals surface area contributed by atoms with Crippen molar-refractivity contribution in [3.63, 3.8) is 0 Å². The van der Waals surface area contributed by atoms with Gasteiger partial charge in [-0.1, -0.05) is 0 Å². The molecule has 0 aliphatic carbocycles. The lowest BCUT2D eigenvalue weighted by atomic mass is 10.3. The third-order valence-corrected chi connectivity index (χ3v) is 2.96. The minimum atomic E-state index is 0.325. The molecule has 0 aromatic carbocycles. The second-order valence-electron chi connectivity index (χ2n) is 4.33. The Morgan fingerprint density at radius 3 is 2.60 bits per heavy atom. The molecule has 0 aromatic heterocycles. The summed E-state index contributed by atoms with van der Waals surface area (Å²) in [6, 6.07) is 0. The molecule has 4 nitrogen and oxygen atoms in total. The van der Waals surface area contributed by atoms with Gasteiger partial charge in [0.1, 0.15) is 0 Å². The molecule has 0 unspecified atom stereocenters. The molecule has 4 heteroatoms. The predicted molar refractivity (Wildman–Crippen MR) is 63.1 cm³/mol. The summed E-state index contributed by atoms with van der Waals surface area (Å²) < 4.78 is 0. The van der Waals surface area contributed by atoms with Crippen LogP contribution >= 0.6 is 0 Å². The first-order valence-corrected chi connectivity index (χ1v) is 6.05. The fourth-order valence-electron chi connectivity index (χ4n) is 1.85. The minimum absolute atomic E-state index is 0.325. The first-order valence-electron chi connectivity index (χ1n) is 6.05. The molecular weight excluding hydrogens is 190 g/mol. The summed E-state index contributed by atoms with van der Waals surface area (Å²) in [5.74, 6) is 0. The number of hydrogen-bond donors (Lipinski definition) is 2. The maximum Gasteiger partial charge on any atom is 0.0431 e. The van der Waals surface area contributed by atoms with Gasteiger partial charge in [0.2, 0.25) is 0 Å². The van der Waals surface area contributed by atoms with Crippen LogP contribution in [0.5, 0.6) is 0 Å². The predicted octanol–water partition coefficient (Wildman–Crippen LogP) is -0.404. The molecular formula is C11H25N3O. The van der Waals surface area contributed by atoms with Crippen LogP contribution in [0.2, 0.25) is 0 Å². The fourth-order valence-corrected chi connectivity index (χ4v) is 1.85. The summed E-state index contributed by atoms with van der Waals surface area (Å²) in [6.45, 7) is 8.39. The topological polar surface area (TPSA) is 38.7 Å². The molecule has 0 aromatic rings. The van der Waals surface area contributed by atoms with Crippen LogP contribution in [0.1, 0.15) is 12.8 Å². The van der Waals surface area contributed by atoms with Crippen molar-refractivity contribution in [2.24, 2.45) is 0 Å². The minimum Gasteiger partial charge on any atom is -0.396 e. The molecule has 1 heterocycles. The fraction of sp³-hybridized carbons (Fsp3) is 1.00. The van der Waals surface area contributed by atoms with Crippen molar-refractivity contribution in [2.45, 2.75) is 12.8 Å². The van der Waals surface area contributed by atoms with Gasteiger partial charge in [0.25, 0.3) is 0 Å². The molecule has 90 valence electrons. The molecule has 0 amide bonds. The van der Waals surface area contributed by atoms with Gasteiger partial charge in [-0.05, 0) is 26.4 Å². The van der Waals surface area contributed by atoms with Crippen molar-refractivity contribution in [3.8, 4) is 0 Å². The van der Waals surface area contributed by atoms with Gasteiger partial charge in [-0.2, -0.15) is 0 Å². The highest BCUT2D eigenvalue weighted by Crippen LogP contribution is 1.95. The Balaban J connectivity index is 1.97. The van der Waals surface area contributed by atoms with Crippen LogP contribution in [0.3, 0.4) is 0 Å². The second-order valence-corrected chi connectivity index (χ2v) is 4.33. The lowest BCUT2D eigenvalue weighted by molar-refractivity contribution is 0.200. The van der Waals surface area contributed by atoms with Gasteiger partial charge in [0, 0.05) is 45.9 Å². The average Bonchev–Trinajstić information content (AvgIpc) is 2.28. The maximum absolute atomic E-state index is 8.68. The molecule has 0 saturated carbocycles. The molecule has 1 aliphatic rings. The van der Waals surface area contributed by atoms with E-state index in [1.165, 1.54) is 19.6 Å². The second kappa shape index (κ2) is 8.05. The van der Waals surface area contributed by atoms with Gasteiger partial charge in [-0.15, -0.1) is 0 Å². The van der Waals surface area contributed by atoms with E-state index in [0.29, 0.717) is 6.61 Å². The molecule has 2 N–H and O–H groups in total. The molecule has 1 rings (SSSR count). The monoisotopic (exact) mass is 215 g/mol. The van der Waals surface area contributed by atoms with Gasteiger partial charge in [-0.25, -0.2) is 0 Å². The number of aliphatic hydroxyl groups excluding tert-OH is 1. The van der Waals surface area contributed by atoms with Crippen LogP contribution in [0, 0.1) is 0 Å². The van der Waals surface area contributed by atoms with E-state index in [4.69, 9.17) is 5.11 Å². The summed E-state index contributed by atoms with van der Waals surface area (Å²) >= 11 is 0. The number of piperazine rings is 1. The Bertz CT molecular complexity index is 149. The highest BCUT2D eigenvalue weighted by molar-refractivity contribution is 4.68. The number of nitrogens with zero attached hydrogens (tertiary/aromatic N) is 2. The zero-order valence-corrected chi connectivity index (χ0v) is 9.91. The normalized spacial score (nSPS) is 18.6. The number of hydrogen-bond acceptors (Lipinski definition) is 4. The zero-order valence-electron chi connectivity index (χ0n) is 9.91. The molecule has 1 saturated heterocycles. The van der Waals surface area contributed by atoms with E-state index in [1.54, 1.807) is 0 Å². The lowest BCUT2D eigenvalue weighted by Gasteiger charge is -2.29. The third kappa shape index (κ3) is 6.10. The standard InChI is InChI=1S/C11H25N3O/c1-13(6-2-3-11-15)9-10-14-7-4-12-5-8-14/h12,15H,2-11H2,1H3. The smallest absolute Gasteiger partial charge is 0.0431 e. The average molecular weight is 215 g/mol. The summed E-state index contributed by atoms with van der Waals surface area (Å²) in [5, 5.41) is 12.0. The van der Waals surface area contributed by atoms with Crippen molar-refractivity contribution < 1.29 is 5.11 Å². The number of unbranched alkanes of at least 4 members (excludes halogenated alkanes) is 1. The van der Waals surface area contributed by atoms with Crippen molar-refractivity contribution >= 4 is 0 Å². The van der Waals surface area contributed by atoms with Gasteiger partial charge < -0.3 is 15.3 Å². The third-order valence-electron chi connectivity index (χ3n) is 2.96. The summed E-state index contributed by atoms with van der Waals surface area (Å²) in [7, 11) is 2.17. The largest absolute Gasteiger partial charge is 0.396 e. The summed E-state index contributed by atoms with van der Waals surface area (Å²) in [6.07, 6.45) is 2.03. The van der Waals surface area contributed by atoms with E-state index in [1.807, 2.05) is 0 Å². The van der Waals surface area contributed by atoms with Crippen molar-refractivity contribution in [2.75, 3.05) is 59.5 Å². The Kier molecular flexibility index (Phi) is 6.92. The van der Waals surface area contributed by atoms with E-state index in [9.17, 15) is 0 Å². The molecule has 0 atom stereocenters. The van der Waals surface area contributed by atoms with Gasteiger partial charge in [-0.3, -0.25) is 4.90 Å². The number of aliphatic hydroxyl groups is 1. The Labute approximate surface area is 93.2 Å². The van der Waals surface area contributed by atoms with Crippen LogP contribution in [-0.4, -0.2) is 74.4 Å². The van der Waals surface area contributed by atoms with Crippen LogP contribution in [-0.2, 0) is 0 Å². The molecule has 1 fully saturated rings. The van der Waals surface area contributed by atoms with Crippen LogP contribution in [0.15, 0.2) is 0 Å². The number of rotatable bonds is 7. The van der Waals surface area contributed by atoms with E-state index < -0.39 is 0 Å². The highest BCUT2D eigenvalue weighted by atomic mass is 16.2. The van der Waals surface area contributed by atoms with E-state index in [-0.39, 0.29) is 0 Å². The Hall–Kier alpha value is -0.160. The van der Waals surface area contributed by atoms with Gasteiger partial charge >= 0.3 is 0 Å². The maximum atomic E-state index is 8.68. The SMILES string of the molecule is CN(CCCCO)CCN1CCNCC1. The van der Waals surface area contributed by atoms with Crippen LogP contribution in [0.25, 0.3) is 0 Å². The summed E-state index contributed by atoms with van der Waals surface area (Å²) in [4.78, 5) is 4.87. The van der Waals surface area contributed by atoms with Crippen LogP contribution < -0.4 is 5.32 Å². The molecule has 0 bridgehead atoms. The van der Waals surface area contributed by atoms with Crippen molar-refractivity contribution in [1.29, 1.82) is 0 Å². The Morgan fingerprint density at radius 1 is 1.20 bits per heavy atom. The van der Waals surface area contributed by atoms with Crippen LogP contribution in [0.4, 0.5) is 0 Å². The molecule has 1 aliphatic heterocycles. The van der Waals surface area contributed by atoms with Gasteiger partial charge in [0.05, 0.1) is 0 Å². The van der Waals surface area contributed by atoms with E-state index in [0.717, 1.165) is 39.0 Å². The summed E-state index contributed by atoms with van der Waals surface area (Å²) in [5.41, 5.74) is 0. The number of likely N-dealkylation sites (N-methyl/N-ethyl adjacent to an activating group) is 1. The lowest BCUT2D eigenvalue weighted by Crippen LogP contribution is -2.46. The van der Waals surface area contributed by atoms with Crippen molar-refractivity contribution in [1.82, 2.24) is 15.1 Å². The van der Waals surface area contributed by atoms with Crippen molar-refractivity contribution in [3.05, 3.63) is 0 Å². The highest BCUT2D eigenvalue weighted by Gasteiger charge is 2.09. The van der Waals surface area contributed by atoms with Gasteiger partial charge in [0.15, 0.2) is 0 Å². The first kappa shape index (κ1) is 12.9. The molecule has 0 spiro atoms. The number of nitrogens with one attached hydrogen (secondary N) is 1. The molecule has 15 heavy (non-hydrogen) atoms. The Morgan fingerprint density at radius 2 is 1.93 bits per heavy atom. The quantitative estimate of drug-likeness (QED) is 0.567. The molecule has 0 radical (unpaired) electrons. The van der Waals surface area contributed by atoms with E-state index in [2.05, 4.69) is 22.2 Å². The zero-order chi connectivity index (χ0) is 10.9. The van der Waals surface area contributed by atoms with E-state index >= 15 is 0 Å². The first-order chi connectivity index (χ1) is 7.33.